The van der Waals surface area contributed by atoms with Crippen LogP contribution in [0.15, 0.2) is 54.6 Å². The fourth-order valence-corrected chi connectivity index (χ4v) is 3.64. The molecule has 0 amide bonds. The maximum Gasteiger partial charge on any atom is 0.184 e. The van der Waals surface area contributed by atoms with Gasteiger partial charge in [0.05, 0.1) is 19.8 Å². The van der Waals surface area contributed by atoms with Crippen molar-refractivity contribution in [3.63, 3.8) is 0 Å². The van der Waals surface area contributed by atoms with Gasteiger partial charge in [-0.3, -0.25) is 0 Å². The van der Waals surface area contributed by atoms with Crippen LogP contribution in [0.1, 0.15) is 29.8 Å². The summed E-state index contributed by atoms with van der Waals surface area (Å²) in [6.07, 6.45) is 0.511. The van der Waals surface area contributed by atoms with Crippen molar-refractivity contribution >= 4 is 0 Å². The highest BCUT2D eigenvalue weighted by Gasteiger charge is 2.42. The number of fused-ring (bicyclic) bond motifs is 1. The van der Waals surface area contributed by atoms with E-state index in [1.54, 1.807) is 7.11 Å². The number of ether oxygens (including phenoxy) is 4. The third-order valence-corrected chi connectivity index (χ3v) is 4.83. The molecule has 4 rings (SSSR count). The summed E-state index contributed by atoms with van der Waals surface area (Å²) in [5.41, 5.74) is 2.23. The standard InChI is InChI=1S/C20H22O4/c1-21-17-10-6-5-9-15(17)16-11-12-22-18-13-23-20(24-19(16)18)14-7-3-2-4-8-14/h2-10,16,18-20H,11-13H2,1H3. The Morgan fingerprint density at radius 1 is 0.958 bits per heavy atom. The summed E-state index contributed by atoms with van der Waals surface area (Å²) in [6, 6.07) is 18.3. The number of benzene rings is 2. The molecule has 2 fully saturated rings. The van der Waals surface area contributed by atoms with Gasteiger partial charge >= 0.3 is 0 Å². The summed E-state index contributed by atoms with van der Waals surface area (Å²) in [7, 11) is 1.72. The van der Waals surface area contributed by atoms with Crippen molar-refractivity contribution in [1.82, 2.24) is 0 Å². The molecule has 2 aromatic carbocycles. The topological polar surface area (TPSA) is 36.9 Å². The lowest BCUT2D eigenvalue weighted by Crippen LogP contribution is -2.48. The fourth-order valence-electron chi connectivity index (χ4n) is 3.64. The van der Waals surface area contributed by atoms with E-state index in [1.807, 2.05) is 42.5 Å². The van der Waals surface area contributed by atoms with Crippen LogP contribution in [0, 0.1) is 0 Å². The molecule has 2 heterocycles. The molecule has 4 atom stereocenters. The Balaban J connectivity index is 1.61. The largest absolute Gasteiger partial charge is 0.496 e. The Hall–Kier alpha value is -1.88. The van der Waals surface area contributed by atoms with E-state index in [0.29, 0.717) is 13.2 Å². The maximum atomic E-state index is 6.34. The first-order valence-corrected chi connectivity index (χ1v) is 8.43. The number of hydrogen-bond acceptors (Lipinski definition) is 4. The highest BCUT2D eigenvalue weighted by molar-refractivity contribution is 5.37. The molecule has 2 aliphatic rings. The lowest BCUT2D eigenvalue weighted by molar-refractivity contribution is -0.282. The Morgan fingerprint density at radius 3 is 2.58 bits per heavy atom. The van der Waals surface area contributed by atoms with E-state index in [-0.39, 0.29) is 24.4 Å². The van der Waals surface area contributed by atoms with Gasteiger partial charge in [0.2, 0.25) is 0 Å². The zero-order valence-corrected chi connectivity index (χ0v) is 13.8. The summed E-state index contributed by atoms with van der Waals surface area (Å²) in [4.78, 5) is 0. The lowest BCUT2D eigenvalue weighted by Gasteiger charge is -2.44. The average Bonchev–Trinajstić information content (AvgIpc) is 2.68. The quantitative estimate of drug-likeness (QED) is 0.862. The minimum Gasteiger partial charge on any atom is -0.496 e. The zero-order chi connectivity index (χ0) is 16.4. The molecule has 4 heteroatoms. The SMILES string of the molecule is COc1ccccc1C1CCOC2COC(c3ccccc3)OC21. The maximum absolute atomic E-state index is 6.34. The third kappa shape index (κ3) is 2.93. The van der Waals surface area contributed by atoms with E-state index in [0.717, 1.165) is 17.7 Å². The van der Waals surface area contributed by atoms with Crippen LogP contribution in [0.25, 0.3) is 0 Å². The predicted molar refractivity (Wildman–Crippen MR) is 90.1 cm³/mol. The van der Waals surface area contributed by atoms with Gasteiger partial charge in [-0.15, -0.1) is 0 Å². The Labute approximate surface area is 142 Å². The van der Waals surface area contributed by atoms with Gasteiger partial charge in [0.1, 0.15) is 11.9 Å². The molecule has 0 bridgehead atoms. The van der Waals surface area contributed by atoms with Gasteiger partial charge < -0.3 is 18.9 Å². The second kappa shape index (κ2) is 6.93. The number of para-hydroxylation sites is 1. The Kier molecular flexibility index (Phi) is 4.52. The van der Waals surface area contributed by atoms with Crippen LogP contribution >= 0.6 is 0 Å². The molecule has 0 spiro atoms. The van der Waals surface area contributed by atoms with Crippen molar-refractivity contribution in [2.45, 2.75) is 30.8 Å². The molecule has 0 radical (unpaired) electrons. The van der Waals surface area contributed by atoms with Crippen molar-refractivity contribution in [2.24, 2.45) is 0 Å². The first-order chi connectivity index (χ1) is 11.9. The van der Waals surface area contributed by atoms with Crippen molar-refractivity contribution in [1.29, 1.82) is 0 Å². The molecule has 0 aromatic heterocycles. The van der Waals surface area contributed by atoms with Crippen LogP contribution in [0.3, 0.4) is 0 Å². The van der Waals surface area contributed by atoms with Crippen LogP contribution < -0.4 is 4.74 Å². The molecule has 0 saturated carbocycles. The minimum absolute atomic E-state index is 0.0333. The normalized spacial score (nSPS) is 29.7. The van der Waals surface area contributed by atoms with Gasteiger partial charge in [-0.25, -0.2) is 0 Å². The van der Waals surface area contributed by atoms with E-state index in [9.17, 15) is 0 Å². The Bertz CT molecular complexity index is 672. The molecule has 0 N–H and O–H groups in total. The first kappa shape index (κ1) is 15.6. The number of hydrogen-bond donors (Lipinski definition) is 0. The van der Waals surface area contributed by atoms with E-state index in [2.05, 4.69) is 12.1 Å². The number of methoxy groups -OCH3 is 1. The van der Waals surface area contributed by atoms with Gasteiger partial charge in [-0.2, -0.15) is 0 Å². The molecular formula is C20H22O4. The Morgan fingerprint density at radius 2 is 1.75 bits per heavy atom. The summed E-state index contributed by atoms with van der Waals surface area (Å²) in [6.45, 7) is 1.27. The summed E-state index contributed by atoms with van der Waals surface area (Å²) in [5, 5.41) is 0. The van der Waals surface area contributed by atoms with E-state index in [1.165, 1.54) is 5.56 Å². The molecule has 0 aliphatic carbocycles. The smallest absolute Gasteiger partial charge is 0.184 e. The van der Waals surface area contributed by atoms with Gasteiger partial charge in [-0.1, -0.05) is 48.5 Å². The first-order valence-electron chi connectivity index (χ1n) is 8.43. The third-order valence-electron chi connectivity index (χ3n) is 4.83. The molecule has 2 aliphatic heterocycles. The molecular weight excluding hydrogens is 304 g/mol. The second-order valence-corrected chi connectivity index (χ2v) is 6.22. The van der Waals surface area contributed by atoms with Gasteiger partial charge in [0.15, 0.2) is 6.29 Å². The highest BCUT2D eigenvalue weighted by atomic mass is 16.7. The molecule has 4 unspecified atom stereocenters. The average molecular weight is 326 g/mol. The second-order valence-electron chi connectivity index (χ2n) is 6.22. The predicted octanol–water partition coefficient (Wildman–Crippen LogP) is 3.68. The fraction of sp³-hybridized carbons (Fsp3) is 0.400. The molecule has 126 valence electrons. The van der Waals surface area contributed by atoms with E-state index >= 15 is 0 Å². The summed E-state index contributed by atoms with van der Waals surface area (Å²) >= 11 is 0. The van der Waals surface area contributed by atoms with E-state index in [4.69, 9.17) is 18.9 Å². The molecule has 2 saturated heterocycles. The van der Waals surface area contributed by atoms with Crippen molar-refractivity contribution in [3.05, 3.63) is 65.7 Å². The van der Waals surface area contributed by atoms with Crippen LogP contribution in [0.2, 0.25) is 0 Å². The van der Waals surface area contributed by atoms with Crippen molar-refractivity contribution in [3.8, 4) is 5.75 Å². The van der Waals surface area contributed by atoms with Crippen molar-refractivity contribution < 1.29 is 18.9 Å². The zero-order valence-electron chi connectivity index (χ0n) is 13.8. The van der Waals surface area contributed by atoms with Crippen LogP contribution in [-0.2, 0) is 14.2 Å². The van der Waals surface area contributed by atoms with Gasteiger partial charge in [-0.05, 0) is 18.1 Å². The molecule has 4 nitrogen and oxygen atoms in total. The van der Waals surface area contributed by atoms with Gasteiger partial charge in [0, 0.05) is 18.1 Å². The van der Waals surface area contributed by atoms with E-state index < -0.39 is 0 Å². The van der Waals surface area contributed by atoms with Crippen LogP contribution in [0.5, 0.6) is 5.75 Å². The minimum atomic E-state index is -0.341. The highest BCUT2D eigenvalue weighted by Crippen LogP contribution is 2.41. The lowest BCUT2D eigenvalue weighted by atomic mass is 9.85. The van der Waals surface area contributed by atoms with Crippen LogP contribution in [0.4, 0.5) is 0 Å². The van der Waals surface area contributed by atoms with Crippen molar-refractivity contribution in [2.75, 3.05) is 20.3 Å². The van der Waals surface area contributed by atoms with Crippen LogP contribution in [-0.4, -0.2) is 32.5 Å². The van der Waals surface area contributed by atoms with Gasteiger partial charge in [0.25, 0.3) is 0 Å². The monoisotopic (exact) mass is 326 g/mol. The number of rotatable bonds is 3. The summed E-state index contributed by atoms with van der Waals surface area (Å²) < 4.78 is 23.7. The molecule has 24 heavy (non-hydrogen) atoms. The summed E-state index contributed by atoms with van der Waals surface area (Å²) in [5.74, 6) is 1.16. The molecule has 2 aromatic rings.